The molecule has 2 aromatic rings. The molecule has 1 aliphatic rings. The molecule has 23 heavy (non-hydrogen) atoms. The van der Waals surface area contributed by atoms with Crippen molar-refractivity contribution in [3.05, 3.63) is 54.0 Å². The molecule has 1 fully saturated rings. The molecule has 3 N–H and O–H groups in total. The van der Waals surface area contributed by atoms with E-state index >= 15 is 0 Å². The summed E-state index contributed by atoms with van der Waals surface area (Å²) in [5, 5.41) is 2.91. The topological polar surface area (TPSA) is 68.0 Å². The molecule has 1 aliphatic carbocycles. The van der Waals surface area contributed by atoms with Gasteiger partial charge in [-0.3, -0.25) is 4.79 Å². The molecule has 1 amide bonds. The van der Waals surface area contributed by atoms with Crippen molar-refractivity contribution in [1.82, 2.24) is 4.98 Å². The van der Waals surface area contributed by atoms with Crippen molar-refractivity contribution in [2.24, 2.45) is 0 Å². The van der Waals surface area contributed by atoms with Crippen molar-refractivity contribution in [3.63, 3.8) is 0 Å². The van der Waals surface area contributed by atoms with E-state index in [1.165, 1.54) is 12.1 Å². The second-order valence-electron chi connectivity index (χ2n) is 5.72. The molecule has 0 atom stereocenters. The van der Waals surface area contributed by atoms with Gasteiger partial charge < -0.3 is 11.1 Å². The number of halogens is 2. The van der Waals surface area contributed by atoms with Crippen molar-refractivity contribution in [3.8, 4) is 0 Å². The van der Waals surface area contributed by atoms with E-state index in [0.29, 0.717) is 11.5 Å². The number of benzene rings is 1. The molecule has 1 saturated carbocycles. The monoisotopic (exact) mass is 335 g/mol. The maximum atomic E-state index is 13.2. The Bertz CT molecular complexity index is 667. The van der Waals surface area contributed by atoms with Gasteiger partial charge in [0.25, 0.3) is 0 Å². The lowest BCUT2D eigenvalue weighted by molar-refractivity contribution is -0.121. The van der Waals surface area contributed by atoms with Gasteiger partial charge in [-0.15, -0.1) is 12.4 Å². The van der Waals surface area contributed by atoms with E-state index in [4.69, 9.17) is 5.73 Å². The van der Waals surface area contributed by atoms with Crippen LogP contribution in [-0.2, 0) is 10.2 Å². The van der Waals surface area contributed by atoms with E-state index in [9.17, 15) is 9.18 Å². The zero-order valence-corrected chi connectivity index (χ0v) is 13.4. The van der Waals surface area contributed by atoms with E-state index in [1.54, 1.807) is 30.5 Å². The van der Waals surface area contributed by atoms with Crippen molar-refractivity contribution < 1.29 is 9.18 Å². The van der Waals surface area contributed by atoms with Crippen molar-refractivity contribution >= 4 is 29.8 Å². The Morgan fingerprint density at radius 2 is 1.78 bits per heavy atom. The summed E-state index contributed by atoms with van der Waals surface area (Å²) in [7, 11) is 0. The highest BCUT2D eigenvalue weighted by Gasteiger charge is 2.42. The highest BCUT2D eigenvalue weighted by molar-refractivity contribution is 5.99. The number of nitrogens with two attached hydrogens (primary N) is 1. The highest BCUT2D eigenvalue weighted by Crippen LogP contribution is 2.42. The van der Waals surface area contributed by atoms with Gasteiger partial charge in [-0.25, -0.2) is 9.37 Å². The number of carbonyl (C=O) groups is 1. The molecule has 0 unspecified atom stereocenters. The SMILES string of the molecule is Cl.Nc1ccc(NC(=O)C2(c3ccc(F)cc3)CCCC2)cn1. The normalized spacial score (nSPS) is 15.7. The second kappa shape index (κ2) is 6.96. The number of pyridine rings is 1. The standard InChI is InChI=1S/C17H18FN3O.ClH/c18-13-5-3-12(4-6-13)17(9-1-2-10-17)16(22)21-14-7-8-15(19)20-11-14;/h3-8,11H,1-2,9-10H2,(H2,19,20)(H,21,22);1H. The fourth-order valence-corrected chi connectivity index (χ4v) is 3.12. The fraction of sp³-hybridized carbons (Fsp3) is 0.294. The van der Waals surface area contributed by atoms with Gasteiger partial charge in [0.2, 0.25) is 5.91 Å². The van der Waals surface area contributed by atoms with Gasteiger partial charge in [0.1, 0.15) is 11.6 Å². The Kier molecular flexibility index (Phi) is 5.21. The number of hydrogen-bond donors (Lipinski definition) is 2. The molecular weight excluding hydrogens is 317 g/mol. The second-order valence-corrected chi connectivity index (χ2v) is 5.72. The van der Waals surface area contributed by atoms with Crippen LogP contribution in [0.5, 0.6) is 0 Å². The smallest absolute Gasteiger partial charge is 0.235 e. The van der Waals surface area contributed by atoms with Crippen molar-refractivity contribution in [2.45, 2.75) is 31.1 Å². The van der Waals surface area contributed by atoms with Crippen molar-refractivity contribution in [2.75, 3.05) is 11.1 Å². The number of nitrogens with zero attached hydrogens (tertiary/aromatic N) is 1. The molecule has 0 radical (unpaired) electrons. The number of amides is 1. The molecular formula is C17H19ClFN3O. The van der Waals surface area contributed by atoms with Crippen LogP contribution < -0.4 is 11.1 Å². The molecule has 0 spiro atoms. The third kappa shape index (κ3) is 3.45. The molecule has 1 heterocycles. The molecule has 1 aromatic heterocycles. The lowest BCUT2D eigenvalue weighted by Gasteiger charge is -2.28. The molecule has 3 rings (SSSR count). The van der Waals surface area contributed by atoms with Crippen LogP contribution in [0.25, 0.3) is 0 Å². The first-order valence-electron chi connectivity index (χ1n) is 7.39. The predicted octanol–water partition coefficient (Wildman–Crippen LogP) is 3.68. The van der Waals surface area contributed by atoms with Gasteiger partial charge >= 0.3 is 0 Å². The van der Waals surface area contributed by atoms with Crippen LogP contribution in [0.4, 0.5) is 15.9 Å². The Balaban J connectivity index is 0.00000192. The minimum atomic E-state index is -0.588. The predicted molar refractivity (Wildman–Crippen MR) is 91.1 cm³/mol. The van der Waals surface area contributed by atoms with Crippen molar-refractivity contribution in [1.29, 1.82) is 0 Å². The first-order valence-corrected chi connectivity index (χ1v) is 7.39. The summed E-state index contributed by atoms with van der Waals surface area (Å²) >= 11 is 0. The summed E-state index contributed by atoms with van der Waals surface area (Å²) < 4.78 is 13.2. The first-order chi connectivity index (χ1) is 10.6. The van der Waals surface area contributed by atoms with Crippen LogP contribution in [-0.4, -0.2) is 10.9 Å². The Hall–Kier alpha value is -2.14. The number of rotatable bonds is 3. The van der Waals surface area contributed by atoms with Crippen LogP contribution in [0.2, 0.25) is 0 Å². The van der Waals surface area contributed by atoms with Gasteiger partial charge in [0, 0.05) is 0 Å². The first kappa shape index (κ1) is 17.2. The maximum absolute atomic E-state index is 13.2. The summed E-state index contributed by atoms with van der Waals surface area (Å²) in [5.41, 5.74) is 6.45. The summed E-state index contributed by atoms with van der Waals surface area (Å²) in [4.78, 5) is 16.8. The number of aromatic nitrogens is 1. The Morgan fingerprint density at radius 1 is 1.13 bits per heavy atom. The molecule has 0 saturated heterocycles. The van der Waals surface area contributed by atoms with E-state index in [0.717, 1.165) is 31.2 Å². The van der Waals surface area contributed by atoms with Crippen LogP contribution in [0.3, 0.4) is 0 Å². The van der Waals surface area contributed by atoms with Gasteiger partial charge in [-0.2, -0.15) is 0 Å². The van der Waals surface area contributed by atoms with Crippen LogP contribution in [0.1, 0.15) is 31.2 Å². The zero-order chi connectivity index (χ0) is 15.6. The molecule has 4 nitrogen and oxygen atoms in total. The number of carbonyl (C=O) groups excluding carboxylic acids is 1. The Labute approximate surface area is 140 Å². The molecule has 0 bridgehead atoms. The quantitative estimate of drug-likeness (QED) is 0.899. The fourth-order valence-electron chi connectivity index (χ4n) is 3.12. The summed E-state index contributed by atoms with van der Waals surface area (Å²) in [6.07, 6.45) is 5.07. The minimum absolute atomic E-state index is 0. The summed E-state index contributed by atoms with van der Waals surface area (Å²) in [5.74, 6) is 0.0512. The van der Waals surface area contributed by atoms with Crippen LogP contribution >= 0.6 is 12.4 Å². The molecule has 122 valence electrons. The van der Waals surface area contributed by atoms with Gasteiger partial charge in [0.05, 0.1) is 17.3 Å². The third-order valence-electron chi connectivity index (χ3n) is 4.33. The van der Waals surface area contributed by atoms with E-state index in [2.05, 4.69) is 10.3 Å². The number of nitrogens with one attached hydrogen (secondary N) is 1. The van der Waals surface area contributed by atoms with E-state index in [-0.39, 0.29) is 24.1 Å². The number of nitrogen functional groups attached to an aromatic ring is 1. The highest BCUT2D eigenvalue weighted by atomic mass is 35.5. The maximum Gasteiger partial charge on any atom is 0.235 e. The largest absolute Gasteiger partial charge is 0.384 e. The van der Waals surface area contributed by atoms with E-state index in [1.807, 2.05) is 0 Å². The van der Waals surface area contributed by atoms with Gasteiger partial charge in [-0.1, -0.05) is 25.0 Å². The van der Waals surface area contributed by atoms with Gasteiger partial charge in [0.15, 0.2) is 0 Å². The lowest BCUT2D eigenvalue weighted by atomic mass is 9.78. The summed E-state index contributed by atoms with van der Waals surface area (Å²) in [6.45, 7) is 0. The third-order valence-corrected chi connectivity index (χ3v) is 4.33. The molecule has 6 heteroatoms. The Morgan fingerprint density at radius 3 is 2.35 bits per heavy atom. The van der Waals surface area contributed by atoms with Crippen LogP contribution in [0.15, 0.2) is 42.6 Å². The minimum Gasteiger partial charge on any atom is -0.384 e. The number of anilines is 2. The zero-order valence-electron chi connectivity index (χ0n) is 12.6. The van der Waals surface area contributed by atoms with E-state index < -0.39 is 5.41 Å². The summed E-state index contributed by atoms with van der Waals surface area (Å²) in [6, 6.07) is 9.62. The molecule has 0 aliphatic heterocycles. The average molecular weight is 336 g/mol. The van der Waals surface area contributed by atoms with Gasteiger partial charge in [-0.05, 0) is 42.7 Å². The van der Waals surface area contributed by atoms with Crippen LogP contribution in [0, 0.1) is 5.82 Å². The molecule has 1 aromatic carbocycles. The number of hydrogen-bond acceptors (Lipinski definition) is 3. The average Bonchev–Trinajstić information content (AvgIpc) is 3.01. The lowest BCUT2D eigenvalue weighted by Crippen LogP contribution is -2.38.